The summed E-state index contributed by atoms with van der Waals surface area (Å²) in [5, 5.41) is 0.273. The van der Waals surface area contributed by atoms with Gasteiger partial charge in [0.1, 0.15) is 11.4 Å². The maximum atomic E-state index is 14.1. The third kappa shape index (κ3) is 4.45. The van der Waals surface area contributed by atoms with E-state index in [-0.39, 0.29) is 11.7 Å². The van der Waals surface area contributed by atoms with Crippen LogP contribution >= 0.6 is 11.6 Å². The van der Waals surface area contributed by atoms with E-state index in [1.807, 2.05) is 0 Å². The lowest BCUT2D eigenvalue weighted by atomic mass is 10.2. The highest BCUT2D eigenvalue weighted by Gasteiger charge is 2.21. The van der Waals surface area contributed by atoms with Gasteiger partial charge < -0.3 is 14.2 Å². The maximum Gasteiger partial charge on any atom is 0.410 e. The van der Waals surface area contributed by atoms with Crippen molar-refractivity contribution in [1.29, 1.82) is 0 Å². The molecule has 0 saturated heterocycles. The normalized spacial score (nSPS) is 11.4. The highest BCUT2D eigenvalue weighted by atomic mass is 35.5. The molecule has 2 rings (SSSR count). The Morgan fingerprint density at radius 3 is 2.74 bits per heavy atom. The number of nitrogens with zero attached hydrogens (tertiary/aromatic N) is 3. The van der Waals surface area contributed by atoms with Crippen LogP contribution in [0.1, 0.15) is 26.3 Å². The van der Waals surface area contributed by atoms with Crippen molar-refractivity contribution in [2.24, 2.45) is 0 Å². The van der Waals surface area contributed by atoms with Crippen LogP contribution < -0.4 is 0 Å². The van der Waals surface area contributed by atoms with E-state index >= 15 is 0 Å². The smallest absolute Gasteiger partial charge is 0.410 e. The zero-order valence-electron chi connectivity index (χ0n) is 13.5. The number of halogens is 2. The summed E-state index contributed by atoms with van der Waals surface area (Å²) in [4.78, 5) is 17.2. The molecule has 124 valence electrons. The molecule has 0 aromatic carbocycles. The minimum atomic E-state index is -0.598. The van der Waals surface area contributed by atoms with Crippen LogP contribution in [0.4, 0.5) is 9.18 Å². The Bertz CT molecular complexity index is 710. The summed E-state index contributed by atoms with van der Waals surface area (Å²) in [6.07, 6.45) is 3.94. The summed E-state index contributed by atoms with van der Waals surface area (Å²) in [6.45, 7) is 5.42. The molecule has 2 heterocycles. The van der Waals surface area contributed by atoms with E-state index < -0.39 is 17.5 Å². The highest BCUT2D eigenvalue weighted by molar-refractivity contribution is 6.31. The maximum absolute atomic E-state index is 14.1. The molecule has 0 radical (unpaired) electrons. The van der Waals surface area contributed by atoms with Gasteiger partial charge in [-0.25, -0.2) is 14.2 Å². The molecule has 0 spiro atoms. The molecule has 23 heavy (non-hydrogen) atoms. The fourth-order valence-corrected chi connectivity index (χ4v) is 2.17. The third-order valence-corrected chi connectivity index (χ3v) is 3.28. The predicted octanol–water partition coefficient (Wildman–Crippen LogP) is 4.03. The summed E-state index contributed by atoms with van der Waals surface area (Å²) in [7, 11) is 1.56. The highest BCUT2D eigenvalue weighted by Crippen LogP contribution is 2.21. The Hall–Kier alpha value is -2.08. The Morgan fingerprint density at radius 2 is 2.13 bits per heavy atom. The van der Waals surface area contributed by atoms with Crippen molar-refractivity contribution in [2.45, 2.75) is 32.9 Å². The second kappa shape index (κ2) is 6.58. The molecule has 0 aliphatic heterocycles. The molecule has 0 atom stereocenters. The first-order valence-corrected chi connectivity index (χ1v) is 7.46. The van der Waals surface area contributed by atoms with Crippen molar-refractivity contribution in [1.82, 2.24) is 14.5 Å². The number of rotatable bonds is 3. The average Bonchev–Trinajstić information content (AvgIpc) is 2.78. The minimum absolute atomic E-state index is 0.0889. The SMILES string of the molecule is CN(Cc1cn(-c2cccnc2Cl)cc1F)C(=O)OC(C)(C)C. The number of carbonyl (C=O) groups excluding carboxylic acids is 1. The van der Waals surface area contributed by atoms with E-state index in [1.54, 1.807) is 56.9 Å². The average molecular weight is 340 g/mol. The van der Waals surface area contributed by atoms with Crippen molar-refractivity contribution in [2.75, 3.05) is 7.05 Å². The molecule has 0 unspecified atom stereocenters. The predicted molar refractivity (Wildman–Crippen MR) is 86.2 cm³/mol. The molecule has 2 aromatic rings. The van der Waals surface area contributed by atoms with Crippen molar-refractivity contribution < 1.29 is 13.9 Å². The number of hydrogen-bond donors (Lipinski definition) is 0. The topological polar surface area (TPSA) is 47.4 Å². The Labute approximate surface area is 139 Å². The van der Waals surface area contributed by atoms with Gasteiger partial charge in [-0.3, -0.25) is 0 Å². The lowest BCUT2D eigenvalue weighted by molar-refractivity contribution is 0.0284. The van der Waals surface area contributed by atoms with Crippen LogP contribution in [0.5, 0.6) is 0 Å². The Balaban J connectivity index is 2.16. The van der Waals surface area contributed by atoms with E-state index in [0.717, 1.165) is 0 Å². The molecule has 1 amide bonds. The quantitative estimate of drug-likeness (QED) is 0.793. The first-order valence-electron chi connectivity index (χ1n) is 7.09. The van der Waals surface area contributed by atoms with Crippen LogP contribution in [0.2, 0.25) is 5.15 Å². The molecule has 5 nitrogen and oxygen atoms in total. The largest absolute Gasteiger partial charge is 0.444 e. The second-order valence-corrected chi connectivity index (χ2v) is 6.55. The van der Waals surface area contributed by atoms with Crippen molar-refractivity contribution in [3.8, 4) is 5.69 Å². The van der Waals surface area contributed by atoms with Gasteiger partial charge in [0.15, 0.2) is 5.15 Å². The van der Waals surface area contributed by atoms with E-state index in [0.29, 0.717) is 11.3 Å². The molecule has 0 fully saturated rings. The van der Waals surface area contributed by atoms with Crippen LogP contribution in [0.25, 0.3) is 5.69 Å². The monoisotopic (exact) mass is 339 g/mol. The molecule has 0 bridgehead atoms. The first kappa shape index (κ1) is 17.3. The zero-order chi connectivity index (χ0) is 17.2. The van der Waals surface area contributed by atoms with Gasteiger partial charge in [0.05, 0.1) is 12.2 Å². The lowest BCUT2D eigenvalue weighted by Gasteiger charge is -2.24. The number of ether oxygens (including phenoxy) is 1. The fourth-order valence-electron chi connectivity index (χ4n) is 1.96. The van der Waals surface area contributed by atoms with Crippen LogP contribution in [-0.4, -0.2) is 33.2 Å². The Morgan fingerprint density at radius 1 is 1.43 bits per heavy atom. The summed E-state index contributed by atoms with van der Waals surface area (Å²) in [5.74, 6) is -0.430. The van der Waals surface area contributed by atoms with E-state index in [4.69, 9.17) is 16.3 Å². The lowest BCUT2D eigenvalue weighted by Crippen LogP contribution is -2.33. The standard InChI is InChI=1S/C16H19ClFN3O2/c1-16(2,3)23-15(22)20(4)8-11-9-21(10-12(11)18)13-6-5-7-19-14(13)17/h5-7,9-10H,8H2,1-4H3. The van der Waals surface area contributed by atoms with Gasteiger partial charge >= 0.3 is 6.09 Å². The second-order valence-electron chi connectivity index (χ2n) is 6.19. The third-order valence-electron chi connectivity index (χ3n) is 2.98. The van der Waals surface area contributed by atoms with Crippen LogP contribution in [0.3, 0.4) is 0 Å². The number of amides is 1. The summed E-state index contributed by atoms with van der Waals surface area (Å²) >= 11 is 6.01. The zero-order valence-corrected chi connectivity index (χ0v) is 14.3. The van der Waals surface area contributed by atoms with Gasteiger partial charge in [0, 0.05) is 31.2 Å². The summed E-state index contributed by atoms with van der Waals surface area (Å²) in [5.41, 5.74) is 0.330. The molecule has 2 aromatic heterocycles. The molecular weight excluding hydrogens is 321 g/mol. The van der Waals surface area contributed by atoms with Crippen LogP contribution in [-0.2, 0) is 11.3 Å². The van der Waals surface area contributed by atoms with Gasteiger partial charge in [-0.15, -0.1) is 0 Å². The number of aromatic nitrogens is 2. The number of hydrogen-bond acceptors (Lipinski definition) is 3. The molecule has 7 heteroatoms. The van der Waals surface area contributed by atoms with E-state index in [1.165, 1.54) is 11.1 Å². The number of pyridine rings is 1. The Kier molecular flexibility index (Phi) is 4.94. The van der Waals surface area contributed by atoms with Gasteiger partial charge in [-0.05, 0) is 32.9 Å². The van der Waals surface area contributed by atoms with E-state index in [9.17, 15) is 9.18 Å². The van der Waals surface area contributed by atoms with E-state index in [2.05, 4.69) is 4.98 Å². The van der Waals surface area contributed by atoms with Gasteiger partial charge in [-0.2, -0.15) is 0 Å². The molecule has 0 aliphatic carbocycles. The van der Waals surface area contributed by atoms with Crippen molar-refractivity contribution in [3.63, 3.8) is 0 Å². The summed E-state index contributed by atoms with van der Waals surface area (Å²) < 4.78 is 20.9. The molecule has 0 saturated carbocycles. The molecular formula is C16H19ClFN3O2. The first-order chi connectivity index (χ1) is 10.7. The van der Waals surface area contributed by atoms with Crippen molar-refractivity contribution in [3.05, 3.63) is 47.3 Å². The number of carbonyl (C=O) groups is 1. The minimum Gasteiger partial charge on any atom is -0.444 e. The van der Waals surface area contributed by atoms with Crippen LogP contribution in [0, 0.1) is 5.82 Å². The van der Waals surface area contributed by atoms with Gasteiger partial charge in [-0.1, -0.05) is 11.6 Å². The van der Waals surface area contributed by atoms with Gasteiger partial charge in [0.2, 0.25) is 0 Å². The molecule has 0 aliphatic rings. The van der Waals surface area contributed by atoms with Crippen LogP contribution in [0.15, 0.2) is 30.7 Å². The fraction of sp³-hybridized carbons (Fsp3) is 0.375. The molecule has 0 N–H and O–H groups in total. The summed E-state index contributed by atoms with van der Waals surface area (Å²) in [6, 6.07) is 3.45. The van der Waals surface area contributed by atoms with Crippen molar-refractivity contribution >= 4 is 17.7 Å². The van der Waals surface area contributed by atoms with Gasteiger partial charge in [0.25, 0.3) is 0 Å².